The Bertz CT molecular complexity index is 573. The molecule has 2 aliphatic rings. The molecule has 1 saturated carbocycles. The summed E-state index contributed by atoms with van der Waals surface area (Å²) in [6, 6.07) is 0.454. The van der Waals surface area contributed by atoms with Gasteiger partial charge in [-0.1, -0.05) is 19.3 Å². The van der Waals surface area contributed by atoms with Crippen molar-refractivity contribution in [3.8, 4) is 0 Å². The molecule has 1 aromatic heterocycles. The summed E-state index contributed by atoms with van der Waals surface area (Å²) in [5.74, 6) is 1.82. The van der Waals surface area contributed by atoms with Crippen LogP contribution in [0.4, 0.5) is 5.82 Å². The van der Waals surface area contributed by atoms with Crippen LogP contribution < -0.4 is 5.32 Å². The molecule has 1 aliphatic heterocycles. The van der Waals surface area contributed by atoms with E-state index in [1.54, 1.807) is 13.3 Å². The van der Waals surface area contributed by atoms with Gasteiger partial charge in [0.25, 0.3) is 0 Å². The van der Waals surface area contributed by atoms with Gasteiger partial charge >= 0.3 is 0 Å². The Labute approximate surface area is 145 Å². The highest BCUT2D eigenvalue weighted by atomic mass is 16.5. The predicted molar refractivity (Wildman–Crippen MR) is 95.6 cm³/mol. The Morgan fingerprint density at radius 3 is 2.83 bits per heavy atom. The molecule has 0 amide bonds. The second-order valence-corrected chi connectivity index (χ2v) is 8.00. The first kappa shape index (κ1) is 17.5. The van der Waals surface area contributed by atoms with Crippen LogP contribution in [-0.4, -0.2) is 35.3 Å². The van der Waals surface area contributed by atoms with E-state index in [4.69, 9.17) is 4.74 Å². The molecular weight excluding hydrogens is 302 g/mol. The van der Waals surface area contributed by atoms with Crippen molar-refractivity contribution in [2.24, 2.45) is 5.92 Å². The summed E-state index contributed by atoms with van der Waals surface area (Å²) in [5, 5.41) is 8.23. The standard InChI is InChI=1S/C19H31N3O2/c1-19(2)12-16(14-8-5-4-6-9-14)21-18-15(13-20-22(18)19)17(23)10-7-11-24-3/h13-14,16,21H,4-12H2,1-3H3. The number of carbonyl (C=O) groups excluding carboxylic acids is 1. The van der Waals surface area contributed by atoms with E-state index in [-0.39, 0.29) is 11.3 Å². The van der Waals surface area contributed by atoms with E-state index < -0.39 is 0 Å². The quantitative estimate of drug-likeness (QED) is 0.632. The van der Waals surface area contributed by atoms with Crippen molar-refractivity contribution in [3.63, 3.8) is 0 Å². The highest BCUT2D eigenvalue weighted by Gasteiger charge is 2.38. The molecule has 5 heteroatoms. The Kier molecular flexibility index (Phi) is 5.28. The van der Waals surface area contributed by atoms with Gasteiger partial charge in [-0.15, -0.1) is 0 Å². The van der Waals surface area contributed by atoms with E-state index in [9.17, 15) is 4.79 Å². The largest absolute Gasteiger partial charge is 0.385 e. The smallest absolute Gasteiger partial charge is 0.168 e. The first-order valence-corrected chi connectivity index (χ1v) is 9.40. The van der Waals surface area contributed by atoms with Gasteiger partial charge in [-0.2, -0.15) is 5.10 Å². The van der Waals surface area contributed by atoms with E-state index in [1.807, 2.05) is 4.68 Å². The minimum atomic E-state index is -0.0479. The third-order valence-electron chi connectivity index (χ3n) is 5.66. The number of anilines is 1. The number of hydrogen-bond acceptors (Lipinski definition) is 4. The molecular formula is C19H31N3O2. The molecule has 0 aromatic carbocycles. The number of hydrogen-bond donors (Lipinski definition) is 1. The summed E-state index contributed by atoms with van der Waals surface area (Å²) in [6.07, 6.45) is 10.8. The lowest BCUT2D eigenvalue weighted by atomic mass is 9.78. The normalized spacial score (nSPS) is 23.5. The van der Waals surface area contributed by atoms with Crippen LogP contribution in [0.5, 0.6) is 0 Å². The van der Waals surface area contributed by atoms with Crippen molar-refractivity contribution < 1.29 is 9.53 Å². The van der Waals surface area contributed by atoms with Crippen LogP contribution in [0.1, 0.15) is 75.6 Å². The van der Waals surface area contributed by atoms with Crippen LogP contribution in [-0.2, 0) is 10.3 Å². The predicted octanol–water partition coefficient (Wildman–Crippen LogP) is 3.99. The number of rotatable bonds is 6. The second-order valence-electron chi connectivity index (χ2n) is 8.00. The number of carbonyl (C=O) groups is 1. The summed E-state index contributed by atoms with van der Waals surface area (Å²) in [6.45, 7) is 5.09. The molecule has 5 nitrogen and oxygen atoms in total. The van der Waals surface area contributed by atoms with Gasteiger partial charge in [0.2, 0.25) is 0 Å². The fourth-order valence-electron chi connectivity index (χ4n) is 4.33. The molecule has 1 N–H and O–H groups in total. The first-order valence-electron chi connectivity index (χ1n) is 9.40. The van der Waals surface area contributed by atoms with Crippen molar-refractivity contribution in [2.75, 3.05) is 19.0 Å². The Balaban J connectivity index is 1.79. The van der Waals surface area contributed by atoms with Gasteiger partial charge in [-0.05, 0) is 45.4 Å². The summed E-state index contributed by atoms with van der Waals surface area (Å²) in [4.78, 5) is 12.6. The van der Waals surface area contributed by atoms with Crippen LogP contribution in [0.3, 0.4) is 0 Å². The van der Waals surface area contributed by atoms with Crippen molar-refractivity contribution in [1.29, 1.82) is 0 Å². The number of ether oxygens (including phenoxy) is 1. The molecule has 0 radical (unpaired) electrons. The number of Topliss-reactive ketones (excluding diaryl/α,β-unsaturated/α-hetero) is 1. The van der Waals surface area contributed by atoms with E-state index >= 15 is 0 Å². The molecule has 2 heterocycles. The third-order valence-corrected chi connectivity index (χ3v) is 5.66. The fourth-order valence-corrected chi connectivity index (χ4v) is 4.33. The Hall–Kier alpha value is -1.36. The van der Waals surface area contributed by atoms with Crippen LogP contribution in [0.25, 0.3) is 0 Å². The lowest BCUT2D eigenvalue weighted by Crippen LogP contribution is -2.45. The highest BCUT2D eigenvalue weighted by Crippen LogP contribution is 2.39. The monoisotopic (exact) mass is 333 g/mol. The molecule has 1 fully saturated rings. The summed E-state index contributed by atoms with van der Waals surface area (Å²) in [7, 11) is 1.67. The van der Waals surface area contributed by atoms with E-state index in [0.29, 0.717) is 19.1 Å². The van der Waals surface area contributed by atoms with Crippen LogP contribution in [0.2, 0.25) is 0 Å². The molecule has 1 atom stereocenters. The zero-order valence-corrected chi connectivity index (χ0v) is 15.3. The second kappa shape index (κ2) is 7.26. The average Bonchev–Trinajstić information content (AvgIpc) is 3.00. The third kappa shape index (κ3) is 3.51. The molecule has 0 bridgehead atoms. The van der Waals surface area contributed by atoms with Gasteiger partial charge in [0, 0.05) is 26.2 Å². The van der Waals surface area contributed by atoms with Crippen molar-refractivity contribution in [2.45, 2.75) is 76.8 Å². The number of aromatic nitrogens is 2. The number of nitrogens with one attached hydrogen (secondary N) is 1. The lowest BCUT2D eigenvalue weighted by Gasteiger charge is -2.42. The zero-order chi connectivity index (χ0) is 17.2. The molecule has 0 spiro atoms. The number of nitrogens with zero attached hydrogens (tertiary/aromatic N) is 2. The van der Waals surface area contributed by atoms with Gasteiger partial charge in [0.15, 0.2) is 5.78 Å². The maximum Gasteiger partial charge on any atom is 0.168 e. The SMILES string of the molecule is COCCCC(=O)c1cnn2c1NC(C1CCCCC1)CC2(C)C. The lowest BCUT2D eigenvalue weighted by molar-refractivity contribution is 0.0963. The molecule has 134 valence electrons. The minimum absolute atomic E-state index is 0.0479. The topological polar surface area (TPSA) is 56.1 Å². The number of methoxy groups -OCH3 is 1. The van der Waals surface area contributed by atoms with E-state index in [0.717, 1.165) is 30.1 Å². The van der Waals surface area contributed by atoms with Crippen LogP contribution in [0.15, 0.2) is 6.20 Å². The van der Waals surface area contributed by atoms with Crippen LogP contribution >= 0.6 is 0 Å². The van der Waals surface area contributed by atoms with Crippen molar-refractivity contribution in [3.05, 3.63) is 11.8 Å². The van der Waals surface area contributed by atoms with Gasteiger partial charge < -0.3 is 10.1 Å². The highest BCUT2D eigenvalue weighted by molar-refractivity contribution is 6.00. The summed E-state index contributed by atoms with van der Waals surface area (Å²) >= 11 is 0. The number of fused-ring (bicyclic) bond motifs is 1. The van der Waals surface area contributed by atoms with Crippen molar-refractivity contribution in [1.82, 2.24) is 9.78 Å². The average molecular weight is 333 g/mol. The maximum atomic E-state index is 12.6. The first-order chi connectivity index (χ1) is 11.5. The fraction of sp³-hybridized carbons (Fsp3) is 0.789. The molecule has 1 aliphatic carbocycles. The molecule has 1 aromatic rings. The summed E-state index contributed by atoms with van der Waals surface area (Å²) in [5.41, 5.74) is 0.702. The molecule has 0 saturated heterocycles. The van der Waals surface area contributed by atoms with Gasteiger partial charge in [-0.25, -0.2) is 4.68 Å². The maximum absolute atomic E-state index is 12.6. The zero-order valence-electron chi connectivity index (χ0n) is 15.3. The van der Waals surface area contributed by atoms with Gasteiger partial charge in [-0.3, -0.25) is 4.79 Å². The van der Waals surface area contributed by atoms with Crippen molar-refractivity contribution >= 4 is 11.6 Å². The van der Waals surface area contributed by atoms with E-state index in [2.05, 4.69) is 24.3 Å². The molecule has 24 heavy (non-hydrogen) atoms. The summed E-state index contributed by atoms with van der Waals surface area (Å²) < 4.78 is 7.09. The molecule has 1 unspecified atom stereocenters. The number of ketones is 1. The van der Waals surface area contributed by atoms with Gasteiger partial charge in [0.1, 0.15) is 5.82 Å². The van der Waals surface area contributed by atoms with Crippen LogP contribution in [0, 0.1) is 5.92 Å². The molecule has 3 rings (SSSR count). The minimum Gasteiger partial charge on any atom is -0.385 e. The van der Waals surface area contributed by atoms with E-state index in [1.165, 1.54) is 32.1 Å². The Morgan fingerprint density at radius 2 is 2.12 bits per heavy atom. The Morgan fingerprint density at radius 1 is 1.38 bits per heavy atom. The van der Waals surface area contributed by atoms with Gasteiger partial charge in [0.05, 0.1) is 17.3 Å².